The van der Waals surface area contributed by atoms with E-state index in [0.29, 0.717) is 36.5 Å². The van der Waals surface area contributed by atoms with E-state index in [1.165, 1.54) is 99.3 Å². The van der Waals surface area contributed by atoms with Gasteiger partial charge >= 0.3 is 11.9 Å². The number of aliphatic hydroxyl groups is 1. The minimum atomic E-state index is -0.523. The highest BCUT2D eigenvalue weighted by atomic mass is 16.5. The number of benzene rings is 2. The molecule has 0 spiro atoms. The van der Waals surface area contributed by atoms with Crippen molar-refractivity contribution in [2.45, 2.75) is 116 Å². The highest BCUT2D eigenvalue weighted by Crippen LogP contribution is 2.46. The van der Waals surface area contributed by atoms with E-state index in [2.05, 4.69) is 68.6 Å². The van der Waals surface area contributed by atoms with Crippen molar-refractivity contribution >= 4 is 11.9 Å². The summed E-state index contributed by atoms with van der Waals surface area (Å²) in [6, 6.07) is 18.5. The first-order chi connectivity index (χ1) is 23.3. The van der Waals surface area contributed by atoms with E-state index < -0.39 is 5.97 Å². The van der Waals surface area contributed by atoms with Crippen LogP contribution >= 0.6 is 0 Å². The highest BCUT2D eigenvalue weighted by molar-refractivity contribution is 5.88. The molecule has 0 aromatic heterocycles. The largest absolute Gasteiger partial charge is 0.462 e. The summed E-state index contributed by atoms with van der Waals surface area (Å²) in [6.45, 7) is 11.5. The van der Waals surface area contributed by atoms with Crippen LogP contribution in [0.1, 0.15) is 121 Å². The molecule has 0 radical (unpaired) electrons. The third kappa shape index (κ3) is 11.5. The number of aryl methyl sites for hydroxylation is 1. The Kier molecular flexibility index (Phi) is 15.5. The molecule has 2 aromatic carbocycles. The zero-order chi connectivity index (χ0) is 34.3. The molecule has 2 saturated carbocycles. The maximum absolute atomic E-state index is 12.0. The van der Waals surface area contributed by atoms with Gasteiger partial charge in [0.1, 0.15) is 0 Å². The van der Waals surface area contributed by atoms with Gasteiger partial charge in [-0.15, -0.1) is 0 Å². The van der Waals surface area contributed by atoms with Gasteiger partial charge in [0.2, 0.25) is 0 Å². The maximum atomic E-state index is 12.0. The zero-order valence-corrected chi connectivity index (χ0v) is 29.7. The number of unbranched alkanes of at least 4 members (excludes halogenated alkanes) is 2. The Balaban J connectivity index is 1.22. The third-order valence-electron chi connectivity index (χ3n) is 11.2. The predicted molar refractivity (Wildman–Crippen MR) is 196 cm³/mol. The van der Waals surface area contributed by atoms with Crippen LogP contribution in [0.15, 0.2) is 72.8 Å². The number of carbonyl (C=O) groups is 2. The van der Waals surface area contributed by atoms with Gasteiger partial charge in [0, 0.05) is 5.57 Å². The van der Waals surface area contributed by atoms with Gasteiger partial charge in [-0.3, -0.25) is 0 Å². The van der Waals surface area contributed by atoms with Gasteiger partial charge in [0.05, 0.1) is 25.4 Å². The lowest BCUT2D eigenvalue weighted by molar-refractivity contribution is -0.141. The molecule has 0 heterocycles. The van der Waals surface area contributed by atoms with Gasteiger partial charge in [-0.05, 0) is 142 Å². The van der Waals surface area contributed by atoms with Crippen LogP contribution in [0, 0.1) is 23.7 Å². The first-order valence-corrected chi connectivity index (χ1v) is 18.8. The molecule has 0 amide bonds. The Bertz CT molecular complexity index is 1290. The van der Waals surface area contributed by atoms with Gasteiger partial charge in [0.25, 0.3) is 0 Å². The number of hydrogen-bond donors (Lipinski definition) is 1. The van der Waals surface area contributed by atoms with Gasteiger partial charge in [0.15, 0.2) is 0 Å². The molecular formula is C43H60O5. The summed E-state index contributed by atoms with van der Waals surface area (Å²) in [5.41, 5.74) is 6.06. The number of esters is 2. The lowest BCUT2D eigenvalue weighted by Gasteiger charge is -2.40. The molecule has 4 rings (SSSR count). The minimum absolute atomic E-state index is 0.0872. The van der Waals surface area contributed by atoms with Crippen molar-refractivity contribution in [2.24, 2.45) is 23.7 Å². The van der Waals surface area contributed by atoms with E-state index in [1.807, 2.05) is 0 Å². The quantitative estimate of drug-likeness (QED) is 0.0982. The first-order valence-electron chi connectivity index (χ1n) is 18.8. The molecule has 0 saturated heterocycles. The molecular weight excluding hydrogens is 596 g/mol. The van der Waals surface area contributed by atoms with Crippen LogP contribution < -0.4 is 0 Å². The standard InChI is InChI=1S/C43H60O5/c1-5-6-7-9-33-11-13-35(14-12-33)37-19-21-39(22-20-37)41-25-23-40(24-26-41)38-17-15-36(16-18-38)34(10-8-28-47-42(45)31(2)3)27-29-48-43(46)32(4)30-44/h11-14,19-22,34,36,38,40-41,44H,2,4-10,15-18,23-30H2,1,3H3. The van der Waals surface area contributed by atoms with Crippen molar-refractivity contribution in [1.82, 2.24) is 0 Å². The molecule has 262 valence electrons. The van der Waals surface area contributed by atoms with Crippen LogP contribution in [0.3, 0.4) is 0 Å². The van der Waals surface area contributed by atoms with Gasteiger partial charge in [-0.1, -0.05) is 81.5 Å². The van der Waals surface area contributed by atoms with E-state index >= 15 is 0 Å². The fourth-order valence-electron chi connectivity index (χ4n) is 8.12. The van der Waals surface area contributed by atoms with Crippen LogP contribution in [-0.2, 0) is 25.5 Å². The lowest BCUT2D eigenvalue weighted by Crippen LogP contribution is -2.29. The molecule has 0 aliphatic heterocycles. The van der Waals surface area contributed by atoms with Crippen LogP contribution in [0.25, 0.3) is 11.1 Å². The van der Waals surface area contributed by atoms with Crippen LogP contribution in [0.5, 0.6) is 0 Å². The van der Waals surface area contributed by atoms with E-state index in [-0.39, 0.29) is 18.1 Å². The Morgan fingerprint density at radius 1 is 0.750 bits per heavy atom. The van der Waals surface area contributed by atoms with Crippen molar-refractivity contribution < 1.29 is 24.2 Å². The molecule has 0 bridgehead atoms. The number of rotatable bonds is 18. The van der Waals surface area contributed by atoms with Crippen LogP contribution in [-0.4, -0.2) is 36.9 Å². The second-order valence-corrected chi connectivity index (χ2v) is 14.6. The molecule has 2 aliphatic rings. The Morgan fingerprint density at radius 2 is 1.33 bits per heavy atom. The van der Waals surface area contributed by atoms with Crippen LogP contribution in [0.2, 0.25) is 0 Å². The van der Waals surface area contributed by atoms with Gasteiger partial charge in [-0.25, -0.2) is 9.59 Å². The molecule has 1 unspecified atom stereocenters. The van der Waals surface area contributed by atoms with Crippen molar-refractivity contribution in [2.75, 3.05) is 19.8 Å². The number of aliphatic hydroxyl groups excluding tert-OH is 1. The zero-order valence-electron chi connectivity index (χ0n) is 29.7. The Labute approximate surface area is 290 Å². The summed E-state index contributed by atoms with van der Waals surface area (Å²) in [5, 5.41) is 9.18. The summed E-state index contributed by atoms with van der Waals surface area (Å²) >= 11 is 0. The molecule has 2 fully saturated rings. The van der Waals surface area contributed by atoms with Crippen molar-refractivity contribution in [3.05, 3.63) is 84.0 Å². The average molecular weight is 657 g/mol. The monoisotopic (exact) mass is 656 g/mol. The summed E-state index contributed by atoms with van der Waals surface area (Å²) in [7, 11) is 0. The minimum Gasteiger partial charge on any atom is -0.462 e. The second-order valence-electron chi connectivity index (χ2n) is 14.6. The number of carbonyl (C=O) groups excluding carboxylic acids is 2. The van der Waals surface area contributed by atoms with Crippen LogP contribution in [0.4, 0.5) is 0 Å². The SMILES string of the molecule is C=C(C)C(=O)OCCCC(CCOC(=O)C(=C)CO)C1CCC(C2CCC(c3ccc(-c4ccc(CCCCC)cc4)cc3)CC2)CC1. The molecule has 5 nitrogen and oxygen atoms in total. The highest BCUT2D eigenvalue weighted by Gasteiger charge is 2.33. The number of ether oxygens (including phenoxy) is 2. The van der Waals surface area contributed by atoms with Gasteiger partial charge in [-0.2, -0.15) is 0 Å². The molecule has 2 aliphatic carbocycles. The second kappa shape index (κ2) is 19.7. The summed E-state index contributed by atoms with van der Waals surface area (Å²) < 4.78 is 10.8. The fourth-order valence-corrected chi connectivity index (χ4v) is 8.12. The topological polar surface area (TPSA) is 72.8 Å². The van der Waals surface area contributed by atoms with E-state index in [1.54, 1.807) is 6.92 Å². The smallest absolute Gasteiger partial charge is 0.335 e. The Morgan fingerprint density at radius 3 is 1.92 bits per heavy atom. The van der Waals surface area contributed by atoms with Crippen molar-refractivity contribution in [3.8, 4) is 11.1 Å². The molecule has 48 heavy (non-hydrogen) atoms. The van der Waals surface area contributed by atoms with E-state index in [9.17, 15) is 14.7 Å². The molecule has 5 heteroatoms. The summed E-state index contributed by atoms with van der Waals surface area (Å²) in [4.78, 5) is 23.8. The molecule has 1 N–H and O–H groups in total. The average Bonchev–Trinajstić information content (AvgIpc) is 3.12. The first kappa shape index (κ1) is 37.6. The third-order valence-corrected chi connectivity index (χ3v) is 11.2. The van der Waals surface area contributed by atoms with Crippen molar-refractivity contribution in [1.29, 1.82) is 0 Å². The summed E-state index contributed by atoms with van der Waals surface area (Å²) in [5.74, 6) is 2.43. The Hall–Kier alpha value is -3.18. The number of hydrogen-bond acceptors (Lipinski definition) is 5. The van der Waals surface area contributed by atoms with E-state index in [4.69, 9.17) is 9.47 Å². The van der Waals surface area contributed by atoms with E-state index in [0.717, 1.165) is 31.1 Å². The molecule has 2 aromatic rings. The maximum Gasteiger partial charge on any atom is 0.335 e. The predicted octanol–water partition coefficient (Wildman–Crippen LogP) is 10.2. The van der Waals surface area contributed by atoms with Crippen molar-refractivity contribution in [3.63, 3.8) is 0 Å². The van der Waals surface area contributed by atoms with Gasteiger partial charge < -0.3 is 14.6 Å². The fraction of sp³-hybridized carbons (Fsp3) is 0.581. The lowest BCUT2D eigenvalue weighted by atomic mass is 9.66. The normalized spacial score (nSPS) is 21.6. The summed E-state index contributed by atoms with van der Waals surface area (Å²) in [6.07, 6.45) is 17.7. The molecule has 1 atom stereocenters.